The van der Waals surface area contributed by atoms with Crippen LogP contribution in [-0.2, 0) is 13.0 Å². The zero-order chi connectivity index (χ0) is 20.2. The predicted octanol–water partition coefficient (Wildman–Crippen LogP) is 4.99. The molecule has 2 aromatic carbocycles. The minimum absolute atomic E-state index is 0.662. The van der Waals surface area contributed by atoms with Crippen LogP contribution in [0.5, 0.6) is 0 Å². The number of hydrogen-bond acceptors (Lipinski definition) is 4. The van der Waals surface area contributed by atoms with E-state index < -0.39 is 0 Å². The van der Waals surface area contributed by atoms with Gasteiger partial charge in [-0.25, -0.2) is 4.98 Å². The molecule has 0 bridgehead atoms. The highest BCUT2D eigenvalue weighted by atomic mass is 15.3. The molecular formula is C25H21N5. The van der Waals surface area contributed by atoms with Crippen LogP contribution in [0.1, 0.15) is 16.7 Å². The van der Waals surface area contributed by atoms with Crippen molar-refractivity contribution in [2.24, 2.45) is 0 Å². The second-order valence-electron chi connectivity index (χ2n) is 7.18. The van der Waals surface area contributed by atoms with Gasteiger partial charge in [0.25, 0.3) is 0 Å². The molecule has 0 aliphatic carbocycles. The highest BCUT2D eigenvalue weighted by Gasteiger charge is 2.13. The molecule has 0 spiro atoms. The first-order valence-electron chi connectivity index (χ1n) is 9.96. The second-order valence-corrected chi connectivity index (χ2v) is 7.18. The fourth-order valence-electron chi connectivity index (χ4n) is 3.53. The van der Waals surface area contributed by atoms with Crippen LogP contribution in [-0.4, -0.2) is 19.6 Å². The highest BCUT2D eigenvalue weighted by molar-refractivity contribution is 5.68. The molecule has 5 aromatic rings. The largest absolute Gasteiger partial charge is 0.366 e. The molecule has 0 fully saturated rings. The Kier molecular flexibility index (Phi) is 4.92. The zero-order valence-electron chi connectivity index (χ0n) is 16.4. The number of nitrogens with one attached hydrogen (secondary N) is 1. The van der Waals surface area contributed by atoms with Gasteiger partial charge in [-0.2, -0.15) is 9.61 Å². The van der Waals surface area contributed by atoms with Crippen LogP contribution in [0.25, 0.3) is 16.9 Å². The van der Waals surface area contributed by atoms with Gasteiger partial charge in [-0.15, -0.1) is 0 Å². The highest BCUT2D eigenvalue weighted by Crippen LogP contribution is 2.25. The Morgan fingerprint density at radius 3 is 2.33 bits per heavy atom. The zero-order valence-corrected chi connectivity index (χ0v) is 16.4. The Labute approximate surface area is 175 Å². The molecule has 0 unspecified atom stereocenters. The molecule has 1 N–H and O–H groups in total. The smallest absolute Gasteiger partial charge is 0.161 e. The maximum Gasteiger partial charge on any atom is 0.161 e. The van der Waals surface area contributed by atoms with Gasteiger partial charge in [0.1, 0.15) is 5.82 Å². The molecule has 5 rings (SSSR count). The average molecular weight is 391 g/mol. The Morgan fingerprint density at radius 1 is 0.800 bits per heavy atom. The number of fused-ring (bicyclic) bond motifs is 1. The van der Waals surface area contributed by atoms with E-state index in [9.17, 15) is 0 Å². The van der Waals surface area contributed by atoms with Crippen molar-refractivity contribution in [1.29, 1.82) is 0 Å². The van der Waals surface area contributed by atoms with Crippen molar-refractivity contribution in [1.82, 2.24) is 19.6 Å². The Morgan fingerprint density at radius 2 is 1.57 bits per heavy atom. The van der Waals surface area contributed by atoms with Gasteiger partial charge in [-0.3, -0.25) is 4.98 Å². The van der Waals surface area contributed by atoms with E-state index in [1.54, 1.807) is 6.20 Å². The molecule has 3 heterocycles. The van der Waals surface area contributed by atoms with Gasteiger partial charge in [-0.05, 0) is 17.2 Å². The molecule has 0 aliphatic heterocycles. The van der Waals surface area contributed by atoms with E-state index in [-0.39, 0.29) is 0 Å². The lowest BCUT2D eigenvalue weighted by Gasteiger charge is -2.11. The van der Waals surface area contributed by atoms with E-state index in [1.807, 2.05) is 47.2 Å². The molecule has 3 aromatic heterocycles. The molecule has 5 heteroatoms. The SMILES string of the molecule is c1ccc(Cc2cnn3c(NCc4cccnc4)cc(-c4ccccc4)nc23)cc1. The van der Waals surface area contributed by atoms with Crippen molar-refractivity contribution in [2.45, 2.75) is 13.0 Å². The van der Waals surface area contributed by atoms with Crippen LogP contribution in [0.15, 0.2) is 97.5 Å². The average Bonchev–Trinajstić information content (AvgIpc) is 3.22. The first-order valence-corrected chi connectivity index (χ1v) is 9.96. The monoisotopic (exact) mass is 391 g/mol. The summed E-state index contributed by atoms with van der Waals surface area (Å²) in [4.78, 5) is 9.17. The molecule has 5 nitrogen and oxygen atoms in total. The van der Waals surface area contributed by atoms with E-state index >= 15 is 0 Å². The summed E-state index contributed by atoms with van der Waals surface area (Å²) < 4.78 is 1.89. The summed E-state index contributed by atoms with van der Waals surface area (Å²) in [7, 11) is 0. The van der Waals surface area contributed by atoms with E-state index in [1.165, 1.54) is 5.56 Å². The lowest BCUT2D eigenvalue weighted by Crippen LogP contribution is -2.07. The molecular weight excluding hydrogens is 370 g/mol. The van der Waals surface area contributed by atoms with Crippen molar-refractivity contribution in [3.8, 4) is 11.3 Å². The topological polar surface area (TPSA) is 55.1 Å². The van der Waals surface area contributed by atoms with Crippen molar-refractivity contribution in [3.05, 3.63) is 114 Å². The van der Waals surface area contributed by atoms with Gasteiger partial charge in [0.05, 0.1) is 11.9 Å². The fourth-order valence-corrected chi connectivity index (χ4v) is 3.53. The molecule has 0 radical (unpaired) electrons. The summed E-state index contributed by atoms with van der Waals surface area (Å²) in [5.74, 6) is 0.905. The normalized spacial score (nSPS) is 10.9. The maximum absolute atomic E-state index is 4.97. The Hall–Kier alpha value is -3.99. The van der Waals surface area contributed by atoms with Gasteiger partial charge < -0.3 is 5.32 Å². The predicted molar refractivity (Wildman–Crippen MR) is 119 cm³/mol. The Bertz CT molecular complexity index is 1250. The number of anilines is 1. The van der Waals surface area contributed by atoms with E-state index in [0.29, 0.717) is 6.54 Å². The van der Waals surface area contributed by atoms with Crippen LogP contribution in [0.3, 0.4) is 0 Å². The minimum Gasteiger partial charge on any atom is -0.366 e. The van der Waals surface area contributed by atoms with Gasteiger partial charge >= 0.3 is 0 Å². The molecule has 0 amide bonds. The van der Waals surface area contributed by atoms with Crippen LogP contribution >= 0.6 is 0 Å². The molecule has 0 saturated heterocycles. The maximum atomic E-state index is 4.97. The lowest BCUT2D eigenvalue weighted by molar-refractivity contribution is 0.925. The minimum atomic E-state index is 0.662. The quantitative estimate of drug-likeness (QED) is 0.443. The van der Waals surface area contributed by atoms with Gasteiger partial charge in [0.2, 0.25) is 0 Å². The number of aromatic nitrogens is 4. The molecule has 0 aliphatic rings. The van der Waals surface area contributed by atoms with Gasteiger partial charge in [0, 0.05) is 42.6 Å². The summed E-state index contributed by atoms with van der Waals surface area (Å²) in [6.07, 6.45) is 6.36. The summed E-state index contributed by atoms with van der Waals surface area (Å²) in [6.45, 7) is 0.662. The van der Waals surface area contributed by atoms with E-state index in [4.69, 9.17) is 4.98 Å². The number of pyridine rings is 1. The van der Waals surface area contributed by atoms with E-state index in [2.05, 4.69) is 63.9 Å². The second kappa shape index (κ2) is 8.17. The van der Waals surface area contributed by atoms with Crippen molar-refractivity contribution in [3.63, 3.8) is 0 Å². The first kappa shape index (κ1) is 18.1. The van der Waals surface area contributed by atoms with Crippen LogP contribution in [0.4, 0.5) is 5.82 Å². The first-order chi connectivity index (χ1) is 14.9. The third-order valence-corrected chi connectivity index (χ3v) is 5.05. The van der Waals surface area contributed by atoms with Crippen LogP contribution in [0, 0.1) is 0 Å². The van der Waals surface area contributed by atoms with Crippen LogP contribution in [0.2, 0.25) is 0 Å². The standard InChI is InChI=1S/C25H21N5/c1-3-8-19(9-4-1)14-22-18-28-30-24(27-17-20-10-7-13-26-16-20)15-23(29-25(22)30)21-11-5-2-6-12-21/h1-13,15-16,18,27H,14,17H2. The molecule has 0 saturated carbocycles. The number of nitrogens with zero attached hydrogens (tertiary/aromatic N) is 4. The number of benzene rings is 2. The van der Waals surface area contributed by atoms with Crippen molar-refractivity contribution in [2.75, 3.05) is 5.32 Å². The lowest BCUT2D eigenvalue weighted by atomic mass is 10.1. The third-order valence-electron chi connectivity index (χ3n) is 5.05. The molecule has 0 atom stereocenters. The molecule has 30 heavy (non-hydrogen) atoms. The van der Waals surface area contributed by atoms with Crippen molar-refractivity contribution >= 4 is 11.5 Å². The van der Waals surface area contributed by atoms with Crippen molar-refractivity contribution < 1.29 is 0 Å². The summed E-state index contributed by atoms with van der Waals surface area (Å²) >= 11 is 0. The summed E-state index contributed by atoms with van der Waals surface area (Å²) in [5, 5.41) is 8.15. The molecule has 146 valence electrons. The number of hydrogen-bond donors (Lipinski definition) is 1. The van der Waals surface area contributed by atoms with Crippen LogP contribution < -0.4 is 5.32 Å². The Balaban J connectivity index is 1.57. The fraction of sp³-hybridized carbons (Fsp3) is 0.0800. The number of rotatable bonds is 6. The summed E-state index contributed by atoms with van der Waals surface area (Å²) in [5.41, 5.74) is 6.32. The van der Waals surface area contributed by atoms with E-state index in [0.717, 1.165) is 40.3 Å². The van der Waals surface area contributed by atoms with Gasteiger partial charge in [-0.1, -0.05) is 66.7 Å². The van der Waals surface area contributed by atoms with Gasteiger partial charge in [0.15, 0.2) is 5.65 Å². The third kappa shape index (κ3) is 3.78. The summed E-state index contributed by atoms with van der Waals surface area (Å²) in [6, 6.07) is 26.7.